The second kappa shape index (κ2) is 9.76. The van der Waals surface area contributed by atoms with Crippen LogP contribution in [0.1, 0.15) is 56.1 Å². The van der Waals surface area contributed by atoms with Gasteiger partial charge in [0.05, 0.1) is 6.42 Å². The zero-order valence-corrected chi connectivity index (χ0v) is 14.9. The smallest absolute Gasteiger partial charge is 0.304 e. The van der Waals surface area contributed by atoms with Gasteiger partial charge in [0.2, 0.25) is 0 Å². The van der Waals surface area contributed by atoms with E-state index < -0.39 is 17.4 Å². The van der Waals surface area contributed by atoms with E-state index in [0.717, 1.165) is 36.8 Å². The third-order valence-electron chi connectivity index (χ3n) is 4.85. The molecule has 0 spiro atoms. The standard InChI is InChI=1S/C22H26O4/c23-20(24)15-9-1-2-10-16-22(17-21(25)26,18-11-5-3-6-12-18)19-13-7-4-8-14-19/h3-8,11-14H,1-2,9-10,15-17H2,(H,23,24)(H,25,26). The number of unbranched alkanes of at least 4 members (excludes halogenated alkanes) is 3. The molecule has 2 rings (SSSR count). The number of hydrogen-bond donors (Lipinski definition) is 2. The summed E-state index contributed by atoms with van der Waals surface area (Å²) in [6.45, 7) is 0. The second-order valence-electron chi connectivity index (χ2n) is 6.69. The quantitative estimate of drug-likeness (QED) is 0.564. The molecule has 26 heavy (non-hydrogen) atoms. The summed E-state index contributed by atoms with van der Waals surface area (Å²) < 4.78 is 0. The summed E-state index contributed by atoms with van der Waals surface area (Å²) in [5.74, 6) is -1.58. The van der Waals surface area contributed by atoms with Crippen molar-refractivity contribution in [2.24, 2.45) is 0 Å². The monoisotopic (exact) mass is 354 g/mol. The van der Waals surface area contributed by atoms with Crippen molar-refractivity contribution in [1.82, 2.24) is 0 Å². The predicted molar refractivity (Wildman–Crippen MR) is 101 cm³/mol. The number of hydrogen-bond acceptors (Lipinski definition) is 2. The van der Waals surface area contributed by atoms with Crippen molar-refractivity contribution in [3.8, 4) is 0 Å². The molecule has 4 nitrogen and oxygen atoms in total. The lowest BCUT2D eigenvalue weighted by Crippen LogP contribution is -2.31. The first kappa shape index (κ1) is 19.7. The Morgan fingerprint density at radius 2 is 1.19 bits per heavy atom. The summed E-state index contributed by atoms with van der Waals surface area (Å²) in [6.07, 6.45) is 4.22. The Bertz CT molecular complexity index is 655. The van der Waals surface area contributed by atoms with Gasteiger partial charge in [0.15, 0.2) is 0 Å². The summed E-state index contributed by atoms with van der Waals surface area (Å²) in [6, 6.07) is 19.7. The van der Waals surface area contributed by atoms with Crippen molar-refractivity contribution in [2.75, 3.05) is 0 Å². The largest absolute Gasteiger partial charge is 0.481 e. The highest BCUT2D eigenvalue weighted by molar-refractivity contribution is 5.70. The molecule has 138 valence electrons. The van der Waals surface area contributed by atoms with Crippen LogP contribution >= 0.6 is 0 Å². The van der Waals surface area contributed by atoms with E-state index in [1.165, 1.54) is 0 Å². The van der Waals surface area contributed by atoms with E-state index in [2.05, 4.69) is 0 Å². The molecule has 0 aromatic heterocycles. The topological polar surface area (TPSA) is 74.6 Å². The molecule has 0 bridgehead atoms. The van der Waals surface area contributed by atoms with Gasteiger partial charge >= 0.3 is 11.9 Å². The molecule has 0 saturated heterocycles. The number of rotatable bonds is 11. The van der Waals surface area contributed by atoms with Crippen molar-refractivity contribution >= 4 is 11.9 Å². The van der Waals surface area contributed by atoms with E-state index in [-0.39, 0.29) is 12.8 Å². The van der Waals surface area contributed by atoms with E-state index >= 15 is 0 Å². The third kappa shape index (κ3) is 5.45. The number of benzene rings is 2. The molecule has 2 N–H and O–H groups in total. The van der Waals surface area contributed by atoms with Gasteiger partial charge < -0.3 is 10.2 Å². The Kier molecular flexibility index (Phi) is 7.39. The fourth-order valence-corrected chi connectivity index (χ4v) is 3.58. The van der Waals surface area contributed by atoms with Crippen molar-refractivity contribution in [1.29, 1.82) is 0 Å². The molecule has 2 aromatic carbocycles. The lowest BCUT2D eigenvalue weighted by atomic mass is 9.69. The van der Waals surface area contributed by atoms with Crippen molar-refractivity contribution in [3.63, 3.8) is 0 Å². The minimum atomic E-state index is -0.816. The fourth-order valence-electron chi connectivity index (χ4n) is 3.58. The van der Waals surface area contributed by atoms with Crippen LogP contribution < -0.4 is 0 Å². The van der Waals surface area contributed by atoms with Gasteiger partial charge in [-0.15, -0.1) is 0 Å². The maximum absolute atomic E-state index is 11.7. The van der Waals surface area contributed by atoms with Gasteiger partial charge in [0.1, 0.15) is 0 Å². The molecule has 0 unspecified atom stereocenters. The number of aliphatic carboxylic acids is 2. The Morgan fingerprint density at radius 1 is 0.692 bits per heavy atom. The van der Waals surface area contributed by atoms with E-state index in [1.54, 1.807) is 0 Å². The first-order valence-electron chi connectivity index (χ1n) is 9.09. The summed E-state index contributed by atoms with van der Waals surface area (Å²) in [7, 11) is 0. The SMILES string of the molecule is O=C(O)CCCCCCC(CC(=O)O)(c1ccccc1)c1ccccc1. The minimum absolute atomic E-state index is 0.0378. The molecule has 0 aliphatic heterocycles. The second-order valence-corrected chi connectivity index (χ2v) is 6.69. The Morgan fingerprint density at radius 3 is 1.65 bits per heavy atom. The van der Waals surface area contributed by atoms with Gasteiger partial charge in [0, 0.05) is 11.8 Å². The molecule has 0 saturated carbocycles. The summed E-state index contributed by atoms with van der Waals surface area (Å²) in [4.78, 5) is 22.3. The van der Waals surface area contributed by atoms with Crippen LogP contribution in [0.15, 0.2) is 60.7 Å². The number of carboxylic acids is 2. The maximum atomic E-state index is 11.7. The molecule has 0 aliphatic carbocycles. The van der Waals surface area contributed by atoms with Gasteiger partial charge in [-0.05, 0) is 24.0 Å². The van der Waals surface area contributed by atoms with Gasteiger partial charge in [0.25, 0.3) is 0 Å². The molecule has 0 fully saturated rings. The van der Waals surface area contributed by atoms with Gasteiger partial charge in [-0.25, -0.2) is 0 Å². The average Bonchev–Trinajstić information content (AvgIpc) is 2.64. The lowest BCUT2D eigenvalue weighted by Gasteiger charge is -2.34. The Hall–Kier alpha value is -2.62. The highest BCUT2D eigenvalue weighted by Gasteiger charge is 2.36. The van der Waals surface area contributed by atoms with Crippen molar-refractivity contribution in [3.05, 3.63) is 71.8 Å². The van der Waals surface area contributed by atoms with Crippen LogP contribution in [0.4, 0.5) is 0 Å². The first-order valence-corrected chi connectivity index (χ1v) is 9.09. The number of carboxylic acid groups (broad SMARTS) is 2. The summed E-state index contributed by atoms with van der Waals surface area (Å²) in [5.41, 5.74) is 1.46. The molecule has 0 radical (unpaired) electrons. The van der Waals surface area contributed by atoms with Crippen molar-refractivity contribution < 1.29 is 19.8 Å². The van der Waals surface area contributed by atoms with Crippen LogP contribution in [0.3, 0.4) is 0 Å². The van der Waals surface area contributed by atoms with Crippen molar-refractivity contribution in [2.45, 2.75) is 50.4 Å². The normalized spacial score (nSPS) is 11.2. The molecule has 0 aliphatic rings. The van der Waals surface area contributed by atoms with Gasteiger partial charge in [-0.2, -0.15) is 0 Å². The lowest BCUT2D eigenvalue weighted by molar-refractivity contribution is -0.139. The first-order chi connectivity index (χ1) is 12.5. The van der Waals surface area contributed by atoms with E-state index in [0.29, 0.717) is 6.42 Å². The zero-order chi connectivity index (χ0) is 18.8. The fraction of sp³-hybridized carbons (Fsp3) is 0.364. The van der Waals surface area contributed by atoms with Crippen LogP contribution in [-0.2, 0) is 15.0 Å². The highest BCUT2D eigenvalue weighted by Crippen LogP contribution is 2.40. The summed E-state index contributed by atoms with van der Waals surface area (Å²) in [5, 5.41) is 18.3. The number of carbonyl (C=O) groups is 2. The van der Waals surface area contributed by atoms with E-state index in [4.69, 9.17) is 5.11 Å². The van der Waals surface area contributed by atoms with Crippen LogP contribution in [0.2, 0.25) is 0 Å². The molecular weight excluding hydrogens is 328 g/mol. The molecule has 4 heteroatoms. The van der Waals surface area contributed by atoms with Crippen LogP contribution in [0, 0.1) is 0 Å². The maximum Gasteiger partial charge on any atom is 0.304 e. The molecular formula is C22H26O4. The molecule has 0 heterocycles. The van der Waals surface area contributed by atoms with Crippen LogP contribution in [0.5, 0.6) is 0 Å². The van der Waals surface area contributed by atoms with E-state index in [9.17, 15) is 14.7 Å². The Labute approximate surface area is 154 Å². The average molecular weight is 354 g/mol. The minimum Gasteiger partial charge on any atom is -0.481 e. The van der Waals surface area contributed by atoms with E-state index in [1.807, 2.05) is 60.7 Å². The van der Waals surface area contributed by atoms with Crippen LogP contribution in [-0.4, -0.2) is 22.2 Å². The predicted octanol–water partition coefficient (Wildman–Crippen LogP) is 4.87. The van der Waals surface area contributed by atoms with Gasteiger partial charge in [-0.3, -0.25) is 9.59 Å². The molecule has 0 atom stereocenters. The highest BCUT2D eigenvalue weighted by atomic mass is 16.4. The Balaban J connectivity index is 2.22. The molecule has 2 aromatic rings. The molecule has 0 amide bonds. The third-order valence-corrected chi connectivity index (χ3v) is 4.85. The van der Waals surface area contributed by atoms with Crippen LogP contribution in [0.25, 0.3) is 0 Å². The zero-order valence-electron chi connectivity index (χ0n) is 14.9. The van der Waals surface area contributed by atoms with Gasteiger partial charge in [-0.1, -0.05) is 79.9 Å². The summed E-state index contributed by atoms with van der Waals surface area (Å²) >= 11 is 0.